The predicted molar refractivity (Wildman–Crippen MR) is 83.4 cm³/mol. The van der Waals surface area contributed by atoms with Crippen molar-refractivity contribution in [3.63, 3.8) is 0 Å². The molecule has 0 radical (unpaired) electrons. The van der Waals surface area contributed by atoms with Crippen LogP contribution in [-0.4, -0.2) is 23.4 Å². The van der Waals surface area contributed by atoms with Gasteiger partial charge in [-0.3, -0.25) is 9.59 Å². The molecule has 2 rings (SSSR count). The number of anilines is 1. The molecule has 1 aromatic carbocycles. The van der Waals surface area contributed by atoms with E-state index in [1.54, 1.807) is 12.1 Å². The van der Waals surface area contributed by atoms with E-state index in [1.165, 1.54) is 26.0 Å². The van der Waals surface area contributed by atoms with Crippen molar-refractivity contribution in [1.82, 2.24) is 0 Å². The fourth-order valence-electron chi connectivity index (χ4n) is 1.70. The molecule has 0 aromatic heterocycles. The Labute approximate surface area is 129 Å². The molecule has 0 aliphatic carbocycles. The Morgan fingerprint density at radius 3 is 1.64 bits per heavy atom. The molecule has 22 heavy (non-hydrogen) atoms. The summed E-state index contributed by atoms with van der Waals surface area (Å²) in [5, 5.41) is 0. The molecule has 0 saturated heterocycles. The van der Waals surface area contributed by atoms with Gasteiger partial charge in [-0.1, -0.05) is 17.7 Å². The molecule has 1 aliphatic rings. The van der Waals surface area contributed by atoms with Crippen molar-refractivity contribution in [3.8, 4) is 0 Å². The molecular formula is C17H19NO4. The number of hydrogen-bond donors (Lipinski definition) is 0. The maximum atomic E-state index is 11.3. The average molecular weight is 301 g/mol. The Hall–Kier alpha value is -2.56. The van der Waals surface area contributed by atoms with E-state index < -0.39 is 0 Å². The molecule has 0 spiro atoms. The molecule has 116 valence electrons. The molecule has 0 bridgehead atoms. The molecule has 0 unspecified atom stereocenters. The average Bonchev–Trinajstić information content (AvgIpc) is 2.78. The largest absolute Gasteiger partial charge is 0.300 e. The van der Waals surface area contributed by atoms with Crippen molar-refractivity contribution in [1.29, 1.82) is 0 Å². The van der Waals surface area contributed by atoms with Crippen molar-refractivity contribution in [2.75, 3.05) is 4.90 Å². The second-order valence-electron chi connectivity index (χ2n) is 5.08. The Morgan fingerprint density at radius 2 is 1.27 bits per heavy atom. The summed E-state index contributed by atoms with van der Waals surface area (Å²) in [6.07, 6.45) is 3.36. The van der Waals surface area contributed by atoms with E-state index in [1.807, 2.05) is 19.1 Å². The number of benzene rings is 1. The van der Waals surface area contributed by atoms with E-state index in [0.717, 1.165) is 10.5 Å². The van der Waals surface area contributed by atoms with E-state index >= 15 is 0 Å². The summed E-state index contributed by atoms with van der Waals surface area (Å²) in [5.41, 5.74) is 1.72. The second-order valence-corrected chi connectivity index (χ2v) is 5.08. The summed E-state index contributed by atoms with van der Waals surface area (Å²) in [5.74, 6) is -0.391. The zero-order chi connectivity index (χ0) is 16.7. The first-order valence-corrected chi connectivity index (χ1v) is 6.93. The second kappa shape index (κ2) is 8.02. The maximum absolute atomic E-state index is 11.3. The van der Waals surface area contributed by atoms with Crippen LogP contribution in [0.15, 0.2) is 36.4 Å². The molecule has 1 heterocycles. The Balaban J connectivity index is 0.000000261. The van der Waals surface area contributed by atoms with Crippen molar-refractivity contribution >= 4 is 29.1 Å². The number of ketones is 2. The molecule has 0 N–H and O–H groups in total. The molecule has 0 fully saturated rings. The molecule has 1 aromatic rings. The molecule has 1 aliphatic heterocycles. The SMILES string of the molecule is CC(=O)CCC(C)=O.Cc1ccc(N2C(=O)C=CC2=O)cc1. The minimum atomic E-state index is -0.279. The number of Topliss-reactive ketones (excluding diaryl/α,β-unsaturated/α-hetero) is 2. The number of carbonyl (C=O) groups excluding carboxylic acids is 4. The van der Waals surface area contributed by atoms with E-state index in [-0.39, 0.29) is 23.4 Å². The van der Waals surface area contributed by atoms with Gasteiger partial charge in [0.05, 0.1) is 5.69 Å². The van der Waals surface area contributed by atoms with E-state index in [2.05, 4.69) is 0 Å². The van der Waals surface area contributed by atoms with Gasteiger partial charge in [0.2, 0.25) is 0 Å². The van der Waals surface area contributed by atoms with Crippen molar-refractivity contribution in [2.45, 2.75) is 33.6 Å². The Kier molecular flexibility index (Phi) is 6.38. The van der Waals surface area contributed by atoms with Crippen LogP contribution in [0.4, 0.5) is 5.69 Å². The lowest BCUT2D eigenvalue weighted by atomic mass is 10.2. The number of hydrogen-bond acceptors (Lipinski definition) is 4. The van der Waals surface area contributed by atoms with Crippen LogP contribution in [0, 0.1) is 6.92 Å². The van der Waals surface area contributed by atoms with Crippen LogP contribution in [0.25, 0.3) is 0 Å². The van der Waals surface area contributed by atoms with Crippen molar-refractivity contribution < 1.29 is 19.2 Å². The van der Waals surface area contributed by atoms with Gasteiger partial charge in [-0.25, -0.2) is 4.90 Å². The quantitative estimate of drug-likeness (QED) is 0.800. The fraction of sp³-hybridized carbons (Fsp3) is 0.294. The summed E-state index contributed by atoms with van der Waals surface area (Å²) in [4.78, 5) is 44.1. The van der Waals surface area contributed by atoms with Crippen LogP contribution < -0.4 is 4.90 Å². The minimum absolute atomic E-state index is 0.0835. The number of aryl methyl sites for hydroxylation is 1. The molecule has 5 nitrogen and oxygen atoms in total. The molecule has 0 atom stereocenters. The summed E-state index contributed by atoms with van der Waals surface area (Å²) in [6, 6.07) is 7.26. The van der Waals surface area contributed by atoms with Gasteiger partial charge >= 0.3 is 0 Å². The highest BCUT2D eigenvalue weighted by atomic mass is 16.2. The summed E-state index contributed by atoms with van der Waals surface area (Å²) >= 11 is 0. The zero-order valence-corrected chi connectivity index (χ0v) is 13.0. The lowest BCUT2D eigenvalue weighted by Crippen LogP contribution is -2.29. The zero-order valence-electron chi connectivity index (χ0n) is 13.0. The van der Waals surface area contributed by atoms with Crippen LogP contribution in [0.3, 0.4) is 0 Å². The van der Waals surface area contributed by atoms with Gasteiger partial charge in [-0.2, -0.15) is 0 Å². The molecular weight excluding hydrogens is 282 g/mol. The van der Waals surface area contributed by atoms with Gasteiger partial charge < -0.3 is 9.59 Å². The number of rotatable bonds is 4. The van der Waals surface area contributed by atoms with Crippen molar-refractivity contribution in [2.24, 2.45) is 0 Å². The molecule has 0 saturated carbocycles. The number of carbonyl (C=O) groups is 4. The van der Waals surface area contributed by atoms with Gasteiger partial charge in [-0.05, 0) is 32.9 Å². The fourth-order valence-corrected chi connectivity index (χ4v) is 1.70. The summed E-state index contributed by atoms with van der Waals surface area (Å²) < 4.78 is 0. The molecule has 2 amide bonds. The van der Waals surface area contributed by atoms with Crippen molar-refractivity contribution in [3.05, 3.63) is 42.0 Å². The van der Waals surface area contributed by atoms with Gasteiger partial charge in [-0.15, -0.1) is 0 Å². The highest BCUT2D eigenvalue weighted by Crippen LogP contribution is 2.18. The number of imide groups is 1. The third kappa shape index (κ3) is 5.44. The normalized spacial score (nSPS) is 13.0. The van der Waals surface area contributed by atoms with Gasteiger partial charge in [0.25, 0.3) is 11.8 Å². The summed E-state index contributed by atoms with van der Waals surface area (Å²) in [6.45, 7) is 4.93. The van der Waals surface area contributed by atoms with Crippen LogP contribution in [0.5, 0.6) is 0 Å². The Bertz CT molecular complexity index is 582. The Morgan fingerprint density at radius 1 is 0.864 bits per heavy atom. The third-order valence-corrected chi connectivity index (χ3v) is 2.93. The van der Waals surface area contributed by atoms with Crippen LogP contribution in [-0.2, 0) is 19.2 Å². The number of amides is 2. The first kappa shape index (κ1) is 17.5. The van der Waals surface area contributed by atoms with E-state index in [4.69, 9.17) is 0 Å². The summed E-state index contributed by atoms with van der Waals surface area (Å²) in [7, 11) is 0. The van der Waals surface area contributed by atoms with E-state index in [9.17, 15) is 19.2 Å². The highest BCUT2D eigenvalue weighted by Gasteiger charge is 2.24. The topological polar surface area (TPSA) is 71.5 Å². The van der Waals surface area contributed by atoms with Crippen LogP contribution in [0.2, 0.25) is 0 Å². The van der Waals surface area contributed by atoms with Crippen LogP contribution >= 0.6 is 0 Å². The molecule has 5 heteroatoms. The lowest BCUT2D eigenvalue weighted by molar-refractivity contribution is -0.122. The third-order valence-electron chi connectivity index (χ3n) is 2.93. The maximum Gasteiger partial charge on any atom is 0.258 e. The van der Waals surface area contributed by atoms with Crippen LogP contribution in [0.1, 0.15) is 32.3 Å². The lowest BCUT2D eigenvalue weighted by Gasteiger charge is -2.13. The highest BCUT2D eigenvalue weighted by molar-refractivity contribution is 6.28. The first-order valence-electron chi connectivity index (χ1n) is 6.93. The van der Waals surface area contributed by atoms with Gasteiger partial charge in [0.15, 0.2) is 0 Å². The van der Waals surface area contributed by atoms with E-state index in [0.29, 0.717) is 18.5 Å². The standard InChI is InChI=1S/C11H9NO2.C6H10O2/c1-8-2-4-9(5-3-8)12-10(13)6-7-11(12)14;1-5(7)3-4-6(2)8/h2-7H,1H3;3-4H2,1-2H3. The minimum Gasteiger partial charge on any atom is -0.300 e. The number of nitrogens with zero attached hydrogens (tertiary/aromatic N) is 1. The first-order chi connectivity index (χ1) is 10.3. The smallest absolute Gasteiger partial charge is 0.258 e. The predicted octanol–water partition coefficient (Wildman–Crippen LogP) is 2.37. The monoisotopic (exact) mass is 301 g/mol. The van der Waals surface area contributed by atoms with Gasteiger partial charge in [0, 0.05) is 25.0 Å². The van der Waals surface area contributed by atoms with Gasteiger partial charge in [0.1, 0.15) is 11.6 Å².